The Morgan fingerprint density at radius 2 is 2.06 bits per heavy atom. The molecule has 0 spiro atoms. The van der Waals surface area contributed by atoms with Crippen molar-refractivity contribution in [2.45, 2.75) is 18.9 Å². The van der Waals surface area contributed by atoms with Crippen LogP contribution in [0.4, 0.5) is 0 Å². The second-order valence-electron chi connectivity index (χ2n) is 4.26. The lowest BCUT2D eigenvalue weighted by atomic mass is 10.1. The molecule has 96 valence electrons. The van der Waals surface area contributed by atoms with Crippen LogP contribution < -0.4 is 5.73 Å². The van der Waals surface area contributed by atoms with Crippen LogP contribution in [-0.2, 0) is 4.79 Å². The Morgan fingerprint density at radius 1 is 1.33 bits per heavy atom. The molecule has 0 bridgehead atoms. The summed E-state index contributed by atoms with van der Waals surface area (Å²) in [6.45, 7) is 0.418. The van der Waals surface area contributed by atoms with Crippen molar-refractivity contribution in [3.63, 3.8) is 0 Å². The lowest BCUT2D eigenvalue weighted by molar-refractivity contribution is -0.121. The standard InChI is InChI=1S/C12H14N2O4/c13-11(17)9-2-1-5-14(9)12(18)8-6-7(15)3-4-10(8)16/h3-4,6,9,15-16H,1-2,5H2,(H2,13,17). The molecular formula is C12H14N2O4. The molecule has 2 amide bonds. The molecular weight excluding hydrogens is 236 g/mol. The van der Waals surface area contributed by atoms with Crippen LogP contribution in [0.3, 0.4) is 0 Å². The molecule has 6 heteroatoms. The van der Waals surface area contributed by atoms with E-state index in [2.05, 4.69) is 0 Å². The SMILES string of the molecule is NC(=O)C1CCCN1C(=O)c1cc(O)ccc1O. The fraction of sp³-hybridized carbons (Fsp3) is 0.333. The molecule has 18 heavy (non-hydrogen) atoms. The fourth-order valence-electron chi connectivity index (χ4n) is 2.16. The molecule has 4 N–H and O–H groups in total. The van der Waals surface area contributed by atoms with Crippen LogP contribution in [0.15, 0.2) is 18.2 Å². The van der Waals surface area contributed by atoms with E-state index < -0.39 is 17.9 Å². The van der Waals surface area contributed by atoms with Gasteiger partial charge in [0.25, 0.3) is 5.91 Å². The molecule has 0 radical (unpaired) electrons. The van der Waals surface area contributed by atoms with Gasteiger partial charge in [0.1, 0.15) is 17.5 Å². The zero-order chi connectivity index (χ0) is 13.3. The van der Waals surface area contributed by atoms with E-state index in [1.807, 2.05) is 0 Å². The number of nitrogens with zero attached hydrogens (tertiary/aromatic N) is 1. The molecule has 1 unspecified atom stereocenters. The van der Waals surface area contributed by atoms with Crippen LogP contribution in [0.25, 0.3) is 0 Å². The number of primary amides is 1. The summed E-state index contributed by atoms with van der Waals surface area (Å²) in [5.41, 5.74) is 5.20. The summed E-state index contributed by atoms with van der Waals surface area (Å²) in [4.78, 5) is 24.7. The van der Waals surface area contributed by atoms with Gasteiger partial charge in [-0.25, -0.2) is 0 Å². The zero-order valence-electron chi connectivity index (χ0n) is 9.67. The number of hydrogen-bond acceptors (Lipinski definition) is 4. The summed E-state index contributed by atoms with van der Waals surface area (Å²) in [5.74, 6) is -1.40. The van der Waals surface area contributed by atoms with Crippen LogP contribution in [0.5, 0.6) is 11.5 Å². The maximum Gasteiger partial charge on any atom is 0.258 e. The summed E-state index contributed by atoms with van der Waals surface area (Å²) >= 11 is 0. The number of phenols is 2. The summed E-state index contributed by atoms with van der Waals surface area (Å²) < 4.78 is 0. The van der Waals surface area contributed by atoms with Gasteiger partial charge in [0, 0.05) is 6.54 Å². The molecule has 1 atom stereocenters. The number of nitrogens with two attached hydrogens (primary N) is 1. The highest BCUT2D eigenvalue weighted by molar-refractivity contribution is 6.00. The summed E-state index contributed by atoms with van der Waals surface area (Å²) in [6.07, 6.45) is 1.22. The summed E-state index contributed by atoms with van der Waals surface area (Å²) in [6, 6.07) is 3.05. The van der Waals surface area contributed by atoms with E-state index in [1.54, 1.807) is 0 Å². The normalized spacial score (nSPS) is 18.9. The van der Waals surface area contributed by atoms with Gasteiger partial charge in [-0.1, -0.05) is 0 Å². The highest BCUT2D eigenvalue weighted by Crippen LogP contribution is 2.27. The Balaban J connectivity index is 2.31. The van der Waals surface area contributed by atoms with Crippen molar-refractivity contribution in [3.8, 4) is 11.5 Å². The van der Waals surface area contributed by atoms with Crippen LogP contribution in [0.1, 0.15) is 23.2 Å². The molecule has 1 fully saturated rings. The van der Waals surface area contributed by atoms with Gasteiger partial charge in [-0.2, -0.15) is 0 Å². The minimum Gasteiger partial charge on any atom is -0.508 e. The van der Waals surface area contributed by atoms with Gasteiger partial charge < -0.3 is 20.8 Å². The average Bonchev–Trinajstić information content (AvgIpc) is 2.80. The van der Waals surface area contributed by atoms with Gasteiger partial charge in [-0.3, -0.25) is 9.59 Å². The largest absolute Gasteiger partial charge is 0.508 e. The Morgan fingerprint density at radius 3 is 2.72 bits per heavy atom. The number of amides is 2. The molecule has 2 rings (SSSR count). The van der Waals surface area contributed by atoms with Crippen molar-refractivity contribution in [1.82, 2.24) is 4.90 Å². The molecule has 1 heterocycles. The van der Waals surface area contributed by atoms with E-state index in [0.29, 0.717) is 19.4 Å². The van der Waals surface area contributed by atoms with E-state index in [0.717, 1.165) is 0 Å². The number of rotatable bonds is 2. The number of carbonyl (C=O) groups is 2. The monoisotopic (exact) mass is 250 g/mol. The lowest BCUT2D eigenvalue weighted by Crippen LogP contribution is -2.43. The smallest absolute Gasteiger partial charge is 0.258 e. The van der Waals surface area contributed by atoms with Crippen molar-refractivity contribution in [1.29, 1.82) is 0 Å². The Bertz CT molecular complexity index is 501. The topological polar surface area (TPSA) is 104 Å². The number of carbonyl (C=O) groups excluding carboxylic acids is 2. The molecule has 0 saturated carbocycles. The molecule has 1 aromatic rings. The molecule has 0 aromatic heterocycles. The van der Waals surface area contributed by atoms with Crippen molar-refractivity contribution in [3.05, 3.63) is 23.8 Å². The van der Waals surface area contributed by atoms with E-state index in [-0.39, 0.29) is 17.1 Å². The van der Waals surface area contributed by atoms with E-state index in [1.165, 1.54) is 23.1 Å². The molecule has 0 aliphatic carbocycles. The first kappa shape index (κ1) is 12.2. The molecule has 1 aliphatic rings. The number of phenolic OH excluding ortho intramolecular Hbond substituents is 2. The first-order valence-corrected chi connectivity index (χ1v) is 5.63. The second kappa shape index (κ2) is 4.56. The maximum absolute atomic E-state index is 12.2. The molecule has 1 aromatic carbocycles. The molecule has 1 aliphatic heterocycles. The van der Waals surface area contributed by atoms with E-state index in [4.69, 9.17) is 5.73 Å². The van der Waals surface area contributed by atoms with E-state index >= 15 is 0 Å². The van der Waals surface area contributed by atoms with Gasteiger partial charge in [0.05, 0.1) is 5.56 Å². The third-order valence-electron chi connectivity index (χ3n) is 3.05. The first-order valence-electron chi connectivity index (χ1n) is 5.63. The molecule has 6 nitrogen and oxygen atoms in total. The van der Waals surface area contributed by atoms with Crippen molar-refractivity contribution < 1.29 is 19.8 Å². The van der Waals surface area contributed by atoms with Crippen LogP contribution >= 0.6 is 0 Å². The highest BCUT2D eigenvalue weighted by atomic mass is 16.3. The number of aromatic hydroxyl groups is 2. The Hall–Kier alpha value is -2.24. The average molecular weight is 250 g/mol. The second-order valence-corrected chi connectivity index (χ2v) is 4.26. The van der Waals surface area contributed by atoms with Gasteiger partial charge in [-0.15, -0.1) is 0 Å². The predicted molar refractivity (Wildman–Crippen MR) is 63.0 cm³/mol. The minimum absolute atomic E-state index is 0.0249. The Kier molecular flexibility index (Phi) is 3.10. The highest BCUT2D eigenvalue weighted by Gasteiger charge is 2.34. The van der Waals surface area contributed by atoms with Gasteiger partial charge in [0.15, 0.2) is 0 Å². The lowest BCUT2D eigenvalue weighted by Gasteiger charge is -2.22. The number of hydrogen-bond donors (Lipinski definition) is 3. The van der Waals surface area contributed by atoms with Gasteiger partial charge in [0.2, 0.25) is 5.91 Å². The Labute approximate surface area is 104 Å². The van der Waals surface area contributed by atoms with Gasteiger partial charge in [-0.05, 0) is 31.0 Å². The van der Waals surface area contributed by atoms with Gasteiger partial charge >= 0.3 is 0 Å². The predicted octanol–water partition coefficient (Wildman–Crippen LogP) is 0.188. The van der Waals surface area contributed by atoms with Crippen molar-refractivity contribution in [2.24, 2.45) is 5.73 Å². The summed E-state index contributed by atoms with van der Waals surface area (Å²) in [5, 5.41) is 18.9. The quantitative estimate of drug-likeness (QED) is 0.651. The minimum atomic E-state index is -0.640. The number of benzene rings is 1. The maximum atomic E-state index is 12.2. The van der Waals surface area contributed by atoms with Crippen LogP contribution in [-0.4, -0.2) is 39.5 Å². The molecule has 1 saturated heterocycles. The van der Waals surface area contributed by atoms with Crippen LogP contribution in [0, 0.1) is 0 Å². The summed E-state index contributed by atoms with van der Waals surface area (Å²) in [7, 11) is 0. The van der Waals surface area contributed by atoms with E-state index in [9.17, 15) is 19.8 Å². The van der Waals surface area contributed by atoms with Crippen molar-refractivity contribution >= 4 is 11.8 Å². The first-order chi connectivity index (χ1) is 8.50. The number of likely N-dealkylation sites (tertiary alicyclic amines) is 1. The van der Waals surface area contributed by atoms with Crippen LogP contribution in [0.2, 0.25) is 0 Å². The third-order valence-corrected chi connectivity index (χ3v) is 3.05. The zero-order valence-corrected chi connectivity index (χ0v) is 9.67. The fourth-order valence-corrected chi connectivity index (χ4v) is 2.16. The van der Waals surface area contributed by atoms with Crippen molar-refractivity contribution in [2.75, 3.05) is 6.54 Å². The third kappa shape index (κ3) is 2.09.